The van der Waals surface area contributed by atoms with E-state index in [-0.39, 0.29) is 5.43 Å². The van der Waals surface area contributed by atoms with Crippen LogP contribution in [0.25, 0.3) is 16.7 Å². The number of hydrogen-bond donors (Lipinski definition) is 1. The molecule has 0 fully saturated rings. The van der Waals surface area contributed by atoms with E-state index in [2.05, 4.69) is 34.5 Å². The first-order valence-corrected chi connectivity index (χ1v) is 11.4. The SMILES string of the molecule is Cc1nc2c(cc1N1Cc3ccccc3C1)c(=O)cc(Nc1ccccc1)n2-c1ccccc1. The van der Waals surface area contributed by atoms with Crippen molar-refractivity contribution >= 4 is 28.2 Å². The largest absolute Gasteiger partial charge is 0.361 e. The van der Waals surface area contributed by atoms with E-state index in [0.717, 1.165) is 35.8 Å². The van der Waals surface area contributed by atoms with Gasteiger partial charge in [0.05, 0.1) is 16.8 Å². The summed E-state index contributed by atoms with van der Waals surface area (Å²) in [4.78, 5) is 20.7. The van der Waals surface area contributed by atoms with Gasteiger partial charge in [0.1, 0.15) is 11.5 Å². The molecular weight excluding hydrogens is 420 g/mol. The molecule has 34 heavy (non-hydrogen) atoms. The quantitative estimate of drug-likeness (QED) is 0.372. The van der Waals surface area contributed by atoms with Gasteiger partial charge in [-0.05, 0) is 48.4 Å². The second-order valence-electron chi connectivity index (χ2n) is 8.64. The van der Waals surface area contributed by atoms with Crippen molar-refractivity contribution in [2.45, 2.75) is 20.0 Å². The molecular formula is C29H24N4O. The summed E-state index contributed by atoms with van der Waals surface area (Å²) in [5.74, 6) is 0.683. The first-order chi connectivity index (χ1) is 16.7. The van der Waals surface area contributed by atoms with Crippen molar-refractivity contribution in [2.24, 2.45) is 0 Å². The molecule has 166 valence electrons. The molecule has 3 aromatic carbocycles. The predicted octanol–water partition coefficient (Wildman–Crippen LogP) is 5.96. The fourth-order valence-corrected chi connectivity index (χ4v) is 4.74. The Bertz CT molecular complexity index is 1530. The van der Waals surface area contributed by atoms with E-state index >= 15 is 0 Å². The fourth-order valence-electron chi connectivity index (χ4n) is 4.74. The van der Waals surface area contributed by atoms with E-state index in [9.17, 15) is 4.79 Å². The van der Waals surface area contributed by atoms with Crippen LogP contribution in [0.2, 0.25) is 0 Å². The van der Waals surface area contributed by atoms with Crippen LogP contribution in [0.1, 0.15) is 16.8 Å². The number of aromatic nitrogens is 2. The summed E-state index contributed by atoms with van der Waals surface area (Å²) < 4.78 is 2.03. The first kappa shape index (κ1) is 20.2. The zero-order valence-corrected chi connectivity index (χ0v) is 18.9. The number of hydrogen-bond acceptors (Lipinski definition) is 4. The fraction of sp³-hybridized carbons (Fsp3) is 0.103. The molecule has 5 aromatic rings. The lowest BCUT2D eigenvalue weighted by Crippen LogP contribution is -2.19. The van der Waals surface area contributed by atoms with Gasteiger partial charge in [0.25, 0.3) is 0 Å². The number of rotatable bonds is 4. The second kappa shape index (κ2) is 8.19. The van der Waals surface area contributed by atoms with Gasteiger partial charge < -0.3 is 10.2 Å². The molecule has 1 aliphatic rings. The molecule has 0 amide bonds. The highest BCUT2D eigenvalue weighted by molar-refractivity contribution is 5.84. The van der Waals surface area contributed by atoms with E-state index in [4.69, 9.17) is 4.98 Å². The van der Waals surface area contributed by atoms with Crippen molar-refractivity contribution in [2.75, 3.05) is 10.2 Å². The average molecular weight is 445 g/mol. The Hall–Kier alpha value is -4.38. The highest BCUT2D eigenvalue weighted by atomic mass is 16.1. The van der Waals surface area contributed by atoms with Crippen LogP contribution < -0.4 is 15.6 Å². The summed E-state index contributed by atoms with van der Waals surface area (Å²) in [6, 6.07) is 32.1. The van der Waals surface area contributed by atoms with Gasteiger partial charge in [-0.25, -0.2) is 4.98 Å². The lowest BCUT2D eigenvalue weighted by molar-refractivity contribution is 0.868. The summed E-state index contributed by atoms with van der Waals surface area (Å²) in [5.41, 5.74) is 7.01. The van der Waals surface area contributed by atoms with Gasteiger partial charge in [-0.3, -0.25) is 9.36 Å². The van der Waals surface area contributed by atoms with E-state index in [1.807, 2.05) is 78.2 Å². The Balaban J connectivity index is 1.53. The summed E-state index contributed by atoms with van der Waals surface area (Å²) in [5, 5.41) is 4.03. The number of pyridine rings is 2. The van der Waals surface area contributed by atoms with Crippen LogP contribution in [0.3, 0.4) is 0 Å². The average Bonchev–Trinajstić information content (AvgIpc) is 3.29. The number of benzene rings is 3. The highest BCUT2D eigenvalue weighted by Gasteiger charge is 2.22. The van der Waals surface area contributed by atoms with Crippen molar-refractivity contribution in [1.82, 2.24) is 9.55 Å². The van der Waals surface area contributed by atoms with Gasteiger partial charge in [-0.2, -0.15) is 0 Å². The normalized spacial score (nSPS) is 12.7. The molecule has 3 heterocycles. The zero-order valence-electron chi connectivity index (χ0n) is 18.9. The molecule has 6 rings (SSSR count). The summed E-state index contributed by atoms with van der Waals surface area (Å²) in [7, 11) is 0. The molecule has 0 atom stereocenters. The first-order valence-electron chi connectivity index (χ1n) is 11.4. The topological polar surface area (TPSA) is 50.2 Å². The minimum Gasteiger partial charge on any atom is -0.361 e. The number of nitrogens with one attached hydrogen (secondary N) is 1. The molecule has 0 saturated carbocycles. The van der Waals surface area contributed by atoms with E-state index in [0.29, 0.717) is 16.9 Å². The summed E-state index contributed by atoms with van der Waals surface area (Å²) in [6.07, 6.45) is 0. The van der Waals surface area contributed by atoms with Crippen LogP contribution in [0, 0.1) is 6.92 Å². The maximum Gasteiger partial charge on any atom is 0.193 e. The molecule has 5 heteroatoms. The van der Waals surface area contributed by atoms with E-state index < -0.39 is 0 Å². The molecule has 2 aromatic heterocycles. The Morgan fingerprint density at radius 2 is 1.41 bits per heavy atom. The Morgan fingerprint density at radius 1 is 0.794 bits per heavy atom. The molecule has 5 nitrogen and oxygen atoms in total. The third-order valence-electron chi connectivity index (χ3n) is 6.39. The van der Waals surface area contributed by atoms with Crippen LogP contribution in [0.5, 0.6) is 0 Å². The smallest absolute Gasteiger partial charge is 0.193 e. The maximum absolute atomic E-state index is 13.4. The van der Waals surface area contributed by atoms with Gasteiger partial charge >= 0.3 is 0 Å². The molecule has 0 spiro atoms. The van der Waals surface area contributed by atoms with Crippen LogP contribution in [-0.4, -0.2) is 9.55 Å². The van der Waals surface area contributed by atoms with E-state index in [1.165, 1.54) is 11.1 Å². The summed E-state index contributed by atoms with van der Waals surface area (Å²) in [6.45, 7) is 3.67. The molecule has 0 aliphatic carbocycles. The minimum atomic E-state index is -0.0499. The van der Waals surface area contributed by atoms with Gasteiger partial charge in [0.2, 0.25) is 0 Å². The Kier molecular flexibility index (Phi) is 4.88. The molecule has 0 bridgehead atoms. The summed E-state index contributed by atoms with van der Waals surface area (Å²) >= 11 is 0. The highest BCUT2D eigenvalue weighted by Crippen LogP contribution is 2.33. The van der Waals surface area contributed by atoms with E-state index in [1.54, 1.807) is 6.07 Å². The second-order valence-corrected chi connectivity index (χ2v) is 8.64. The Morgan fingerprint density at radius 3 is 2.09 bits per heavy atom. The molecule has 1 aliphatic heterocycles. The van der Waals surface area contributed by atoms with Gasteiger partial charge in [-0.1, -0.05) is 60.7 Å². The third-order valence-corrected chi connectivity index (χ3v) is 6.39. The Labute approximate surface area is 197 Å². The van der Waals surface area contributed by atoms with Crippen LogP contribution in [-0.2, 0) is 13.1 Å². The van der Waals surface area contributed by atoms with Gasteiger partial charge in [-0.15, -0.1) is 0 Å². The molecule has 0 radical (unpaired) electrons. The van der Waals surface area contributed by atoms with Crippen LogP contribution in [0.4, 0.5) is 17.2 Å². The number of aryl methyl sites for hydroxylation is 1. The lowest BCUT2D eigenvalue weighted by Gasteiger charge is -2.22. The van der Waals surface area contributed by atoms with Crippen molar-refractivity contribution in [1.29, 1.82) is 0 Å². The minimum absolute atomic E-state index is 0.0499. The number of nitrogens with zero attached hydrogens (tertiary/aromatic N) is 3. The monoisotopic (exact) mass is 444 g/mol. The van der Waals surface area contributed by atoms with Crippen LogP contribution in [0.15, 0.2) is 102 Å². The van der Waals surface area contributed by atoms with Crippen molar-refractivity contribution in [3.8, 4) is 5.69 Å². The number of fused-ring (bicyclic) bond motifs is 2. The van der Waals surface area contributed by atoms with Crippen molar-refractivity contribution in [3.05, 3.63) is 124 Å². The third kappa shape index (κ3) is 3.52. The van der Waals surface area contributed by atoms with Crippen LogP contribution >= 0.6 is 0 Å². The van der Waals surface area contributed by atoms with Crippen molar-refractivity contribution < 1.29 is 0 Å². The molecule has 0 saturated heterocycles. The standard InChI is InChI=1S/C29H24N4O/c1-20-26(32-18-21-10-8-9-11-22(21)19-32)16-25-27(34)17-28(31-23-12-4-2-5-13-23)33(29(25)30-20)24-14-6-3-7-15-24/h2-17,31H,18-19H2,1H3. The molecule has 1 N–H and O–H groups in total. The van der Waals surface area contributed by atoms with Gasteiger partial charge in [0.15, 0.2) is 5.43 Å². The lowest BCUT2D eigenvalue weighted by atomic mass is 10.1. The zero-order chi connectivity index (χ0) is 23.1. The maximum atomic E-state index is 13.4. The van der Waals surface area contributed by atoms with Gasteiger partial charge in [0, 0.05) is 30.5 Å². The number of para-hydroxylation sites is 2. The molecule has 0 unspecified atom stereocenters. The number of anilines is 3. The van der Waals surface area contributed by atoms with Crippen molar-refractivity contribution in [3.63, 3.8) is 0 Å². The predicted molar refractivity (Wildman–Crippen MR) is 138 cm³/mol.